The number of hydrogen-bond acceptors (Lipinski definition) is 0. The molecule has 0 saturated carbocycles. The first-order valence-corrected chi connectivity index (χ1v) is 6.94. The molecule has 19 heavy (non-hydrogen) atoms. The molecular weight excluding hydrogens is 228 g/mol. The van der Waals surface area contributed by atoms with Gasteiger partial charge in [0, 0.05) is 0 Å². The van der Waals surface area contributed by atoms with Crippen molar-refractivity contribution >= 4 is 0 Å². The number of hydrogen-bond donors (Lipinski definition) is 0. The topological polar surface area (TPSA) is 0 Å². The molecule has 0 heterocycles. The van der Waals surface area contributed by atoms with Gasteiger partial charge in [-0.2, -0.15) is 0 Å². The van der Waals surface area contributed by atoms with Gasteiger partial charge in [-0.05, 0) is 20.3 Å². The lowest BCUT2D eigenvalue weighted by molar-refractivity contribution is 1.22. The minimum absolute atomic E-state index is 0.785. The SMILES string of the molecule is C=C(C)/C=C\C(=C)CC(=C)/C=C\C(=C)C.CC.CC. The van der Waals surface area contributed by atoms with Gasteiger partial charge in [-0.15, -0.1) is 0 Å². The fourth-order valence-corrected chi connectivity index (χ4v) is 0.930. The molecule has 0 aliphatic heterocycles. The first-order chi connectivity index (χ1) is 8.91. The van der Waals surface area contributed by atoms with E-state index in [0.29, 0.717) is 0 Å². The second kappa shape index (κ2) is 16.4. The van der Waals surface area contributed by atoms with Crippen LogP contribution < -0.4 is 0 Å². The van der Waals surface area contributed by atoms with E-state index >= 15 is 0 Å². The predicted octanol–water partition coefficient (Wildman–Crippen LogP) is 6.81. The van der Waals surface area contributed by atoms with Crippen molar-refractivity contribution in [2.75, 3.05) is 0 Å². The van der Waals surface area contributed by atoms with Crippen molar-refractivity contribution in [1.82, 2.24) is 0 Å². The fourth-order valence-electron chi connectivity index (χ4n) is 0.930. The lowest BCUT2D eigenvalue weighted by atomic mass is 10.1. The highest BCUT2D eigenvalue weighted by atomic mass is 14.0. The van der Waals surface area contributed by atoms with E-state index in [-0.39, 0.29) is 0 Å². The quantitative estimate of drug-likeness (QED) is 0.460. The molecule has 0 bridgehead atoms. The minimum atomic E-state index is 0.785. The van der Waals surface area contributed by atoms with Crippen LogP contribution in [-0.2, 0) is 0 Å². The zero-order valence-corrected chi connectivity index (χ0v) is 13.8. The highest BCUT2D eigenvalue weighted by Gasteiger charge is 1.91. The van der Waals surface area contributed by atoms with Gasteiger partial charge in [-0.3, -0.25) is 0 Å². The minimum Gasteiger partial charge on any atom is -0.0961 e. The Morgan fingerprint density at radius 3 is 1.11 bits per heavy atom. The predicted molar refractivity (Wildman–Crippen MR) is 93.5 cm³/mol. The molecular formula is C19H32. The van der Waals surface area contributed by atoms with Crippen LogP contribution in [-0.4, -0.2) is 0 Å². The molecule has 0 aliphatic carbocycles. The Hall–Kier alpha value is -1.56. The lowest BCUT2D eigenvalue weighted by Crippen LogP contribution is -1.80. The molecule has 0 aromatic rings. The van der Waals surface area contributed by atoms with Crippen molar-refractivity contribution in [3.63, 3.8) is 0 Å². The zero-order valence-electron chi connectivity index (χ0n) is 13.8. The molecule has 0 radical (unpaired) electrons. The van der Waals surface area contributed by atoms with E-state index in [9.17, 15) is 0 Å². The van der Waals surface area contributed by atoms with E-state index in [1.54, 1.807) is 0 Å². The standard InChI is InChI=1S/C15H20.2C2H6/c1-12(2)7-9-14(5)11-15(6)10-8-13(3)4;2*1-2/h7-10H,1,3,5-6,11H2,2,4H3;2*1-2H3/b9-7-,10-8-;;. The van der Waals surface area contributed by atoms with Gasteiger partial charge in [0.1, 0.15) is 0 Å². The summed E-state index contributed by atoms with van der Waals surface area (Å²) in [6.45, 7) is 27.4. The summed E-state index contributed by atoms with van der Waals surface area (Å²) in [5, 5.41) is 0. The van der Waals surface area contributed by atoms with Gasteiger partial charge in [-0.1, -0.05) is 101 Å². The van der Waals surface area contributed by atoms with E-state index in [0.717, 1.165) is 28.7 Å². The van der Waals surface area contributed by atoms with Crippen molar-refractivity contribution in [2.45, 2.75) is 48.0 Å². The molecule has 0 aliphatic rings. The molecule has 0 saturated heterocycles. The molecule has 0 rings (SSSR count). The van der Waals surface area contributed by atoms with Crippen LogP contribution in [0.25, 0.3) is 0 Å². The molecule has 0 unspecified atom stereocenters. The van der Waals surface area contributed by atoms with Gasteiger partial charge in [0.15, 0.2) is 0 Å². The lowest BCUT2D eigenvalue weighted by Gasteiger charge is -2.00. The largest absolute Gasteiger partial charge is 0.0961 e. The van der Waals surface area contributed by atoms with Gasteiger partial charge >= 0.3 is 0 Å². The van der Waals surface area contributed by atoms with Crippen molar-refractivity contribution in [3.8, 4) is 0 Å². The maximum absolute atomic E-state index is 3.95. The Labute approximate surface area is 121 Å². The molecule has 0 heteroatoms. The first kappa shape index (κ1) is 22.6. The van der Waals surface area contributed by atoms with Crippen LogP contribution in [0.2, 0.25) is 0 Å². The number of allylic oxidation sites excluding steroid dienone is 8. The first-order valence-electron chi connectivity index (χ1n) is 6.94. The van der Waals surface area contributed by atoms with Crippen molar-refractivity contribution < 1.29 is 0 Å². The Bertz CT molecular complexity index is 301. The van der Waals surface area contributed by atoms with Crippen LogP contribution >= 0.6 is 0 Å². The van der Waals surface area contributed by atoms with E-state index in [2.05, 4.69) is 26.3 Å². The Balaban J connectivity index is -0.000000579. The van der Waals surface area contributed by atoms with Crippen molar-refractivity contribution in [2.24, 2.45) is 0 Å². The Kier molecular flexibility index (Phi) is 19.6. The molecule has 0 amide bonds. The maximum Gasteiger partial charge on any atom is -0.00375 e. The Morgan fingerprint density at radius 2 is 0.895 bits per heavy atom. The van der Waals surface area contributed by atoms with Crippen LogP contribution in [0, 0.1) is 0 Å². The third kappa shape index (κ3) is 22.2. The average Bonchev–Trinajstić information content (AvgIpc) is 2.38. The van der Waals surface area contributed by atoms with Crippen LogP contribution in [0.3, 0.4) is 0 Å². The molecule has 0 N–H and O–H groups in total. The summed E-state index contributed by atoms with van der Waals surface area (Å²) in [6.07, 6.45) is 8.65. The van der Waals surface area contributed by atoms with Crippen LogP contribution in [0.15, 0.2) is 72.9 Å². The average molecular weight is 260 g/mol. The summed E-state index contributed by atoms with van der Waals surface area (Å²) >= 11 is 0. The van der Waals surface area contributed by atoms with Gasteiger partial charge in [0.25, 0.3) is 0 Å². The van der Waals surface area contributed by atoms with Crippen molar-refractivity contribution in [3.05, 3.63) is 72.9 Å². The summed E-state index contributed by atoms with van der Waals surface area (Å²) < 4.78 is 0. The molecule has 108 valence electrons. The van der Waals surface area contributed by atoms with Crippen LogP contribution in [0.4, 0.5) is 0 Å². The maximum atomic E-state index is 3.95. The normalized spacial score (nSPS) is 9.16. The van der Waals surface area contributed by atoms with Gasteiger partial charge < -0.3 is 0 Å². The Morgan fingerprint density at radius 1 is 0.632 bits per heavy atom. The highest BCUT2D eigenvalue weighted by molar-refractivity contribution is 5.31. The van der Waals surface area contributed by atoms with Crippen molar-refractivity contribution in [1.29, 1.82) is 0 Å². The third-order valence-corrected chi connectivity index (χ3v) is 1.66. The molecule has 0 atom stereocenters. The number of rotatable bonds is 6. The molecule has 0 nitrogen and oxygen atoms in total. The van der Waals surface area contributed by atoms with Crippen LogP contribution in [0.1, 0.15) is 48.0 Å². The summed E-state index contributed by atoms with van der Waals surface area (Å²) in [6, 6.07) is 0. The molecule has 0 aromatic heterocycles. The van der Waals surface area contributed by atoms with E-state index in [1.807, 2.05) is 65.8 Å². The van der Waals surface area contributed by atoms with E-state index < -0.39 is 0 Å². The second-order valence-electron chi connectivity index (χ2n) is 3.85. The summed E-state index contributed by atoms with van der Waals surface area (Å²) in [5.74, 6) is 0. The summed E-state index contributed by atoms with van der Waals surface area (Å²) in [4.78, 5) is 0. The molecule has 0 aromatic carbocycles. The van der Waals surface area contributed by atoms with Gasteiger partial charge in [0.2, 0.25) is 0 Å². The summed E-state index contributed by atoms with van der Waals surface area (Å²) in [7, 11) is 0. The smallest absolute Gasteiger partial charge is 0.00375 e. The molecule has 0 spiro atoms. The monoisotopic (exact) mass is 260 g/mol. The summed E-state index contributed by atoms with van der Waals surface area (Å²) in [5.41, 5.74) is 4.13. The third-order valence-electron chi connectivity index (χ3n) is 1.66. The molecule has 0 fully saturated rings. The van der Waals surface area contributed by atoms with Gasteiger partial charge in [-0.25, -0.2) is 0 Å². The second-order valence-corrected chi connectivity index (χ2v) is 3.85. The van der Waals surface area contributed by atoms with E-state index in [4.69, 9.17) is 0 Å². The zero-order chi connectivity index (χ0) is 15.8. The van der Waals surface area contributed by atoms with E-state index in [1.165, 1.54) is 0 Å². The van der Waals surface area contributed by atoms with Crippen LogP contribution in [0.5, 0.6) is 0 Å². The van der Waals surface area contributed by atoms with Gasteiger partial charge in [0.05, 0.1) is 0 Å². The fraction of sp³-hybridized carbons (Fsp3) is 0.368. The highest BCUT2D eigenvalue weighted by Crippen LogP contribution is 2.11.